The number of amides is 1. The number of rotatable bonds is 4. The van der Waals surface area contributed by atoms with E-state index < -0.39 is 0 Å². The van der Waals surface area contributed by atoms with Gasteiger partial charge in [-0.2, -0.15) is 5.10 Å². The molecule has 148 valence electrons. The summed E-state index contributed by atoms with van der Waals surface area (Å²) in [6.45, 7) is 3.53. The Bertz CT molecular complexity index is 914. The maximum Gasteiger partial charge on any atom is 0.274 e. The molecular formula is C20H25N5O3. The van der Waals surface area contributed by atoms with Gasteiger partial charge in [0.25, 0.3) is 11.5 Å². The van der Waals surface area contributed by atoms with Gasteiger partial charge in [0.2, 0.25) is 5.88 Å². The van der Waals surface area contributed by atoms with Gasteiger partial charge in [0.15, 0.2) is 5.69 Å². The van der Waals surface area contributed by atoms with Crippen molar-refractivity contribution in [3.8, 4) is 5.88 Å². The van der Waals surface area contributed by atoms with Crippen molar-refractivity contribution >= 4 is 5.91 Å². The lowest BCUT2D eigenvalue weighted by Gasteiger charge is -2.31. The van der Waals surface area contributed by atoms with Crippen molar-refractivity contribution in [2.75, 3.05) is 19.7 Å². The third-order valence-corrected chi connectivity index (χ3v) is 5.98. The summed E-state index contributed by atoms with van der Waals surface area (Å²) in [7, 11) is 0. The zero-order valence-corrected chi connectivity index (χ0v) is 15.9. The lowest BCUT2D eigenvalue weighted by Crippen LogP contribution is -2.40. The van der Waals surface area contributed by atoms with E-state index in [1.165, 1.54) is 0 Å². The van der Waals surface area contributed by atoms with E-state index in [0.29, 0.717) is 49.7 Å². The van der Waals surface area contributed by atoms with Crippen molar-refractivity contribution in [1.29, 1.82) is 0 Å². The van der Waals surface area contributed by atoms with Gasteiger partial charge in [-0.05, 0) is 31.6 Å². The highest BCUT2D eigenvalue weighted by Gasteiger charge is 2.28. The Morgan fingerprint density at radius 1 is 1.14 bits per heavy atom. The zero-order chi connectivity index (χ0) is 19.1. The van der Waals surface area contributed by atoms with E-state index in [-0.39, 0.29) is 11.5 Å². The zero-order valence-electron chi connectivity index (χ0n) is 15.9. The van der Waals surface area contributed by atoms with Gasteiger partial charge in [-0.3, -0.25) is 14.2 Å². The Labute approximate surface area is 163 Å². The highest BCUT2D eigenvalue weighted by Crippen LogP contribution is 2.38. The maximum atomic E-state index is 12.8. The highest BCUT2D eigenvalue weighted by molar-refractivity contribution is 5.92. The predicted molar refractivity (Wildman–Crippen MR) is 101 cm³/mol. The van der Waals surface area contributed by atoms with Crippen LogP contribution in [-0.4, -0.2) is 49.8 Å². The fourth-order valence-corrected chi connectivity index (χ4v) is 4.11. The SMILES string of the molecule is O=C(c1cc2n(n1)CCCO2)N1CCC(Cn2cnc(C3CC3)cc2=O)CC1. The van der Waals surface area contributed by atoms with E-state index in [0.717, 1.165) is 44.3 Å². The summed E-state index contributed by atoms with van der Waals surface area (Å²) in [5.41, 5.74) is 1.44. The van der Waals surface area contributed by atoms with Crippen LogP contribution >= 0.6 is 0 Å². The molecule has 3 aliphatic rings. The topological polar surface area (TPSA) is 82.2 Å². The Hall–Kier alpha value is -2.64. The first-order valence-corrected chi connectivity index (χ1v) is 10.2. The third kappa shape index (κ3) is 3.43. The van der Waals surface area contributed by atoms with Crippen LogP contribution in [0.2, 0.25) is 0 Å². The normalized spacial score (nSPS) is 19.9. The molecule has 4 heterocycles. The van der Waals surface area contributed by atoms with Crippen LogP contribution in [0.4, 0.5) is 0 Å². The van der Waals surface area contributed by atoms with E-state index in [9.17, 15) is 9.59 Å². The van der Waals surface area contributed by atoms with Crippen LogP contribution in [-0.2, 0) is 13.1 Å². The number of ether oxygens (including phenoxy) is 1. The first kappa shape index (κ1) is 17.5. The van der Waals surface area contributed by atoms with Crippen molar-refractivity contribution in [1.82, 2.24) is 24.2 Å². The summed E-state index contributed by atoms with van der Waals surface area (Å²) >= 11 is 0. The maximum absolute atomic E-state index is 12.8. The molecule has 5 rings (SSSR count). The average molecular weight is 383 g/mol. The van der Waals surface area contributed by atoms with E-state index >= 15 is 0 Å². The molecule has 0 aromatic carbocycles. The Balaban J connectivity index is 1.19. The third-order valence-electron chi connectivity index (χ3n) is 5.98. The fraction of sp³-hybridized carbons (Fsp3) is 0.600. The number of carbonyl (C=O) groups excluding carboxylic acids is 1. The summed E-state index contributed by atoms with van der Waals surface area (Å²) in [6, 6.07) is 3.44. The summed E-state index contributed by atoms with van der Waals surface area (Å²) in [5.74, 6) is 1.53. The number of nitrogens with zero attached hydrogens (tertiary/aromatic N) is 5. The molecule has 1 saturated heterocycles. The Kier molecular flexibility index (Phi) is 4.41. The van der Waals surface area contributed by atoms with Crippen molar-refractivity contribution in [3.05, 3.63) is 40.2 Å². The number of likely N-dealkylation sites (tertiary alicyclic amines) is 1. The molecular weight excluding hydrogens is 358 g/mol. The molecule has 2 aromatic heterocycles. The van der Waals surface area contributed by atoms with Crippen LogP contribution in [0, 0.1) is 5.92 Å². The van der Waals surface area contributed by atoms with E-state index in [1.807, 2.05) is 4.90 Å². The van der Waals surface area contributed by atoms with Crippen molar-refractivity contribution in [3.63, 3.8) is 0 Å². The van der Waals surface area contributed by atoms with Gasteiger partial charge < -0.3 is 9.64 Å². The second-order valence-electron chi connectivity index (χ2n) is 8.11. The first-order chi connectivity index (χ1) is 13.7. The minimum absolute atomic E-state index is 0.0310. The van der Waals surface area contributed by atoms with Crippen LogP contribution < -0.4 is 10.3 Å². The fourth-order valence-electron chi connectivity index (χ4n) is 4.11. The predicted octanol–water partition coefficient (Wildman–Crippen LogP) is 1.65. The van der Waals surface area contributed by atoms with Crippen LogP contribution in [0.3, 0.4) is 0 Å². The molecule has 1 saturated carbocycles. The van der Waals surface area contributed by atoms with Gasteiger partial charge in [0.05, 0.1) is 18.6 Å². The van der Waals surface area contributed by atoms with E-state index in [1.54, 1.807) is 27.7 Å². The monoisotopic (exact) mass is 383 g/mol. The molecule has 28 heavy (non-hydrogen) atoms. The molecule has 1 amide bonds. The number of piperidine rings is 1. The van der Waals surface area contributed by atoms with Crippen LogP contribution in [0.1, 0.15) is 54.2 Å². The van der Waals surface area contributed by atoms with Gasteiger partial charge >= 0.3 is 0 Å². The molecule has 2 aromatic rings. The molecule has 1 aliphatic carbocycles. The summed E-state index contributed by atoms with van der Waals surface area (Å²) < 4.78 is 9.04. The Morgan fingerprint density at radius 2 is 1.96 bits per heavy atom. The minimum Gasteiger partial charge on any atom is -0.478 e. The molecule has 2 fully saturated rings. The van der Waals surface area contributed by atoms with Crippen molar-refractivity contribution < 1.29 is 9.53 Å². The largest absolute Gasteiger partial charge is 0.478 e. The van der Waals surface area contributed by atoms with Gasteiger partial charge in [-0.25, -0.2) is 9.67 Å². The van der Waals surface area contributed by atoms with E-state index in [2.05, 4.69) is 10.1 Å². The van der Waals surface area contributed by atoms with Gasteiger partial charge in [-0.15, -0.1) is 0 Å². The van der Waals surface area contributed by atoms with Gasteiger partial charge in [0, 0.05) is 50.7 Å². The van der Waals surface area contributed by atoms with Crippen LogP contribution in [0.25, 0.3) is 0 Å². The molecule has 0 spiro atoms. The average Bonchev–Trinajstić information content (AvgIpc) is 3.48. The summed E-state index contributed by atoms with van der Waals surface area (Å²) in [6.07, 6.45) is 6.68. The van der Waals surface area contributed by atoms with Crippen molar-refractivity contribution in [2.24, 2.45) is 5.92 Å². The number of aromatic nitrogens is 4. The van der Waals surface area contributed by atoms with Crippen molar-refractivity contribution in [2.45, 2.75) is 51.1 Å². The molecule has 0 atom stereocenters. The standard InChI is InChI=1S/C20H25N5O3/c26-18-10-16(15-2-3-15)21-13-24(18)12-14-4-7-23(8-5-14)20(27)17-11-19-25(22-17)6-1-9-28-19/h10-11,13-15H,1-9,12H2. The molecule has 0 bridgehead atoms. The second-order valence-corrected chi connectivity index (χ2v) is 8.11. The Morgan fingerprint density at radius 3 is 2.68 bits per heavy atom. The first-order valence-electron chi connectivity index (χ1n) is 10.2. The lowest BCUT2D eigenvalue weighted by molar-refractivity contribution is 0.0675. The number of hydrogen-bond acceptors (Lipinski definition) is 5. The van der Waals surface area contributed by atoms with Crippen LogP contribution in [0.15, 0.2) is 23.3 Å². The number of fused-ring (bicyclic) bond motifs is 1. The lowest BCUT2D eigenvalue weighted by atomic mass is 9.96. The summed E-state index contributed by atoms with van der Waals surface area (Å²) in [5, 5.41) is 4.40. The molecule has 2 aliphatic heterocycles. The van der Waals surface area contributed by atoms with Crippen LogP contribution in [0.5, 0.6) is 5.88 Å². The summed E-state index contributed by atoms with van der Waals surface area (Å²) in [4.78, 5) is 31.4. The number of aryl methyl sites for hydroxylation is 1. The quantitative estimate of drug-likeness (QED) is 0.802. The molecule has 0 radical (unpaired) electrons. The smallest absolute Gasteiger partial charge is 0.274 e. The molecule has 0 N–H and O–H groups in total. The number of hydrogen-bond donors (Lipinski definition) is 0. The second kappa shape index (κ2) is 7.07. The highest BCUT2D eigenvalue weighted by atomic mass is 16.5. The molecule has 8 heteroatoms. The minimum atomic E-state index is -0.0310. The van der Waals surface area contributed by atoms with Gasteiger partial charge in [0.1, 0.15) is 0 Å². The van der Waals surface area contributed by atoms with Gasteiger partial charge in [-0.1, -0.05) is 0 Å². The molecule has 0 unspecified atom stereocenters. The van der Waals surface area contributed by atoms with E-state index in [4.69, 9.17) is 4.74 Å². The number of carbonyl (C=O) groups is 1. The molecule has 8 nitrogen and oxygen atoms in total.